The molecule has 6 heteroatoms. The molecule has 0 N–H and O–H groups in total. The van der Waals surface area contributed by atoms with Crippen LogP contribution in [0.1, 0.15) is 12.8 Å². The van der Waals surface area contributed by atoms with Crippen LogP contribution in [0.4, 0.5) is 0 Å². The normalized spacial score (nSPS) is 10.9. The van der Waals surface area contributed by atoms with E-state index in [1.54, 1.807) is 0 Å². The van der Waals surface area contributed by atoms with Gasteiger partial charge in [0.15, 0.2) is 0 Å². The topological polar surface area (TPSA) is 120 Å². The van der Waals surface area contributed by atoms with Gasteiger partial charge in [-0.2, -0.15) is 0 Å². The van der Waals surface area contributed by atoms with Gasteiger partial charge in [-0.1, -0.05) is 0 Å². The number of carbonyl (C=O) groups excluding carboxylic acids is 3. The summed E-state index contributed by atoms with van der Waals surface area (Å²) in [5.41, 5.74) is -0.635. The fourth-order valence-corrected chi connectivity index (χ4v) is 0.612. The third-order valence-corrected chi connectivity index (χ3v) is 1.15. The number of hydrogen-bond donors (Lipinski definition) is 0. The molecule has 0 heterocycles. The van der Waals surface area contributed by atoms with Crippen LogP contribution in [0.25, 0.3) is 0 Å². The third kappa shape index (κ3) is 5.42. The van der Waals surface area contributed by atoms with Gasteiger partial charge in [0.2, 0.25) is 0 Å². The molecule has 0 aromatic rings. The summed E-state index contributed by atoms with van der Waals surface area (Å²) in [7, 11) is 0. The van der Waals surface area contributed by atoms with Gasteiger partial charge in [0.05, 0.1) is 11.9 Å². The highest BCUT2D eigenvalue weighted by Gasteiger charge is 1.98. The molecule has 0 fully saturated rings. The van der Waals surface area contributed by atoms with Gasteiger partial charge in [0.1, 0.15) is 0 Å². The quantitative estimate of drug-likeness (QED) is 0.402. The molecule has 0 spiro atoms. The fraction of sp³-hybridized carbons (Fsp3) is 0.286. The van der Waals surface area contributed by atoms with E-state index < -0.39 is 36.3 Å². The van der Waals surface area contributed by atoms with Crippen molar-refractivity contribution in [1.29, 1.82) is 0 Å². The molecule has 0 bridgehead atoms. The Hall–Kier alpha value is -1.85. The van der Waals surface area contributed by atoms with E-state index >= 15 is 0 Å². The van der Waals surface area contributed by atoms with Crippen molar-refractivity contribution in [3.8, 4) is 0 Å². The molecule has 0 aliphatic heterocycles. The van der Waals surface area contributed by atoms with Crippen LogP contribution >= 0.6 is 0 Å². The molecule has 13 heavy (non-hydrogen) atoms. The van der Waals surface area contributed by atoms with Crippen LogP contribution in [-0.4, -0.2) is 17.9 Å². The summed E-state index contributed by atoms with van der Waals surface area (Å²) in [5, 5.41) is 30.0. The largest absolute Gasteiger partial charge is 0.550 e. The Bertz CT molecular complexity index is 264. The minimum atomic E-state index is -1.73. The molecule has 0 radical (unpaired) electrons. The molecule has 0 rings (SSSR count). The molecule has 0 aliphatic carbocycles. The molecule has 6 nitrogen and oxygen atoms in total. The van der Waals surface area contributed by atoms with E-state index in [0.29, 0.717) is 0 Å². The van der Waals surface area contributed by atoms with Gasteiger partial charge >= 0.3 is 0 Å². The lowest BCUT2D eigenvalue weighted by molar-refractivity contribution is -0.306. The summed E-state index contributed by atoms with van der Waals surface area (Å²) in [4.78, 5) is 30.0. The van der Waals surface area contributed by atoms with Gasteiger partial charge in [-0.15, -0.1) is 0 Å². The van der Waals surface area contributed by atoms with Gasteiger partial charge in [-0.25, -0.2) is 0 Å². The molecular formula is C7H5O6-3. The van der Waals surface area contributed by atoms with Crippen LogP contribution in [0.2, 0.25) is 0 Å². The summed E-state index contributed by atoms with van der Waals surface area (Å²) in [6.45, 7) is 0. The van der Waals surface area contributed by atoms with Crippen molar-refractivity contribution < 1.29 is 29.7 Å². The lowest BCUT2D eigenvalue weighted by Crippen LogP contribution is -2.29. The summed E-state index contributed by atoms with van der Waals surface area (Å²) >= 11 is 0. The second kappa shape index (κ2) is 4.91. The summed E-state index contributed by atoms with van der Waals surface area (Å²) in [6.07, 6.45) is -0.746. The third-order valence-electron chi connectivity index (χ3n) is 1.15. The standard InChI is InChI=1S/C7H8O6/c8-5(9)2-1-4(7(12)13)3-6(10)11/h3H,1-2H2,(H,8,9)(H,10,11)(H,12,13)/p-3/b4-3-. The summed E-state index contributed by atoms with van der Waals surface area (Å²) in [6, 6.07) is 0. The highest BCUT2D eigenvalue weighted by atomic mass is 16.4. The maximum absolute atomic E-state index is 10.2. The molecule has 0 aromatic carbocycles. The van der Waals surface area contributed by atoms with Gasteiger partial charge in [-0.3, -0.25) is 0 Å². The zero-order valence-electron chi connectivity index (χ0n) is 6.44. The van der Waals surface area contributed by atoms with Crippen molar-refractivity contribution in [2.24, 2.45) is 0 Å². The zero-order valence-corrected chi connectivity index (χ0v) is 6.44. The average Bonchev–Trinajstić information content (AvgIpc) is 1.96. The van der Waals surface area contributed by atoms with Crippen molar-refractivity contribution in [1.82, 2.24) is 0 Å². The summed E-state index contributed by atoms with van der Waals surface area (Å²) < 4.78 is 0. The van der Waals surface area contributed by atoms with E-state index in [1.807, 2.05) is 0 Å². The minimum Gasteiger partial charge on any atom is -0.550 e. The van der Waals surface area contributed by atoms with E-state index in [1.165, 1.54) is 0 Å². The Labute approximate surface area is 73.1 Å². The molecule has 0 saturated carbocycles. The molecule has 0 aromatic heterocycles. The van der Waals surface area contributed by atoms with E-state index in [4.69, 9.17) is 0 Å². The Kier molecular flexibility index (Phi) is 4.21. The minimum absolute atomic E-state index is 0.290. The van der Waals surface area contributed by atoms with E-state index in [2.05, 4.69) is 0 Å². The van der Waals surface area contributed by atoms with Crippen molar-refractivity contribution in [3.05, 3.63) is 11.6 Å². The van der Waals surface area contributed by atoms with Crippen molar-refractivity contribution in [2.75, 3.05) is 0 Å². The fourth-order valence-electron chi connectivity index (χ4n) is 0.612. The van der Waals surface area contributed by atoms with Gasteiger partial charge in [0, 0.05) is 5.97 Å². The molecule has 0 aliphatic rings. The molecule has 0 amide bonds. The zero-order chi connectivity index (χ0) is 10.4. The maximum Gasteiger partial charge on any atom is 0.0675 e. The predicted octanol–water partition coefficient (Wildman–Crippen LogP) is -4.06. The van der Waals surface area contributed by atoms with Gasteiger partial charge < -0.3 is 29.7 Å². The first-order valence-electron chi connectivity index (χ1n) is 3.26. The van der Waals surface area contributed by atoms with Crippen LogP contribution in [0.15, 0.2) is 11.6 Å². The summed E-state index contributed by atoms with van der Waals surface area (Å²) in [5.74, 6) is -4.91. The van der Waals surface area contributed by atoms with Crippen LogP contribution < -0.4 is 15.3 Å². The lowest BCUT2D eigenvalue weighted by atomic mass is 10.1. The first-order valence-corrected chi connectivity index (χ1v) is 3.26. The smallest absolute Gasteiger partial charge is 0.0675 e. The lowest BCUT2D eigenvalue weighted by Gasteiger charge is -2.09. The highest BCUT2D eigenvalue weighted by molar-refractivity contribution is 5.93. The van der Waals surface area contributed by atoms with Crippen LogP contribution in [0.5, 0.6) is 0 Å². The number of hydrogen-bond acceptors (Lipinski definition) is 6. The van der Waals surface area contributed by atoms with Crippen molar-refractivity contribution >= 4 is 17.9 Å². The second-order valence-electron chi connectivity index (χ2n) is 2.15. The number of carboxylic acids is 3. The Morgan fingerprint density at radius 3 is 1.85 bits per heavy atom. The van der Waals surface area contributed by atoms with Gasteiger partial charge in [-0.05, 0) is 24.5 Å². The number of aliphatic carboxylic acids is 3. The molecule has 72 valence electrons. The molecule has 0 atom stereocenters. The molecule has 0 saturated heterocycles. The van der Waals surface area contributed by atoms with Crippen LogP contribution in [0.3, 0.4) is 0 Å². The van der Waals surface area contributed by atoms with E-state index in [9.17, 15) is 29.7 Å². The second-order valence-corrected chi connectivity index (χ2v) is 2.15. The molecule has 0 unspecified atom stereocenters. The van der Waals surface area contributed by atoms with E-state index in [-0.39, 0.29) is 6.08 Å². The predicted molar refractivity (Wildman–Crippen MR) is 32.3 cm³/mol. The first kappa shape index (κ1) is 11.2. The van der Waals surface area contributed by atoms with Crippen LogP contribution in [0, 0.1) is 0 Å². The van der Waals surface area contributed by atoms with Crippen LogP contribution in [-0.2, 0) is 14.4 Å². The first-order chi connectivity index (χ1) is 5.93. The average molecular weight is 185 g/mol. The Morgan fingerprint density at radius 1 is 1.00 bits per heavy atom. The number of rotatable bonds is 5. The van der Waals surface area contributed by atoms with Crippen molar-refractivity contribution in [2.45, 2.75) is 12.8 Å². The Morgan fingerprint density at radius 2 is 1.54 bits per heavy atom. The Balaban J connectivity index is 4.36. The monoisotopic (exact) mass is 185 g/mol. The maximum atomic E-state index is 10.2. The molecular weight excluding hydrogens is 180 g/mol. The number of carboxylic acid groups (broad SMARTS) is 3. The van der Waals surface area contributed by atoms with Gasteiger partial charge in [0.25, 0.3) is 0 Å². The highest BCUT2D eigenvalue weighted by Crippen LogP contribution is 2.02. The van der Waals surface area contributed by atoms with Crippen molar-refractivity contribution in [3.63, 3.8) is 0 Å². The number of carbonyl (C=O) groups is 3. The SMILES string of the molecule is O=C([O-])/C=C(/CCC(=O)[O-])C(=O)[O-]. The van der Waals surface area contributed by atoms with E-state index in [0.717, 1.165) is 0 Å².